The lowest BCUT2D eigenvalue weighted by atomic mass is 10.3. The number of nitrogens with two attached hydrogens (primary N) is 1. The Hall–Kier alpha value is -2.80. The maximum atomic E-state index is 13.8. The minimum absolute atomic E-state index is 0.0544. The number of aromatic nitrogens is 4. The van der Waals surface area contributed by atoms with Gasteiger partial charge in [0, 0.05) is 6.54 Å². The largest absolute Gasteiger partial charge is 0.476 e. The van der Waals surface area contributed by atoms with Crippen LogP contribution in [0.25, 0.3) is 11.2 Å². The van der Waals surface area contributed by atoms with E-state index < -0.39 is 31.5 Å². The summed E-state index contributed by atoms with van der Waals surface area (Å²) in [5, 5.41) is 5.59. The van der Waals surface area contributed by atoms with E-state index >= 15 is 0 Å². The van der Waals surface area contributed by atoms with Crippen LogP contribution in [-0.4, -0.2) is 76.3 Å². The van der Waals surface area contributed by atoms with Crippen molar-refractivity contribution < 1.29 is 33.1 Å². The molecule has 0 fully saturated rings. The zero-order valence-corrected chi connectivity index (χ0v) is 25.1. The van der Waals surface area contributed by atoms with Crippen molar-refractivity contribution in [2.24, 2.45) is 0 Å². The number of esters is 2. The van der Waals surface area contributed by atoms with Gasteiger partial charge in [0.2, 0.25) is 19.3 Å². The van der Waals surface area contributed by atoms with Gasteiger partial charge in [0.25, 0.3) is 0 Å². The number of nitrogens with one attached hydrogen (secondary N) is 2. The van der Waals surface area contributed by atoms with Crippen LogP contribution in [0.2, 0.25) is 0 Å². The predicted molar refractivity (Wildman–Crippen MR) is 151 cm³/mol. The molecule has 0 amide bonds. The molecule has 4 N–H and O–H groups in total. The van der Waals surface area contributed by atoms with Crippen LogP contribution in [-0.2, 0) is 34.9 Å². The number of hydrogen-bond donors (Lipinski definition) is 3. The number of imidazole rings is 1. The van der Waals surface area contributed by atoms with E-state index in [0.717, 1.165) is 32.1 Å². The van der Waals surface area contributed by atoms with Crippen molar-refractivity contribution in [3.8, 4) is 5.88 Å². The minimum Gasteiger partial charge on any atom is -0.476 e. The third kappa shape index (κ3) is 10.6. The Labute approximate surface area is 235 Å². The molecule has 226 valence electrons. The topological polar surface area (TPSA) is 182 Å². The van der Waals surface area contributed by atoms with Gasteiger partial charge in [0.1, 0.15) is 18.4 Å². The molecule has 2 aromatic rings. The number of ether oxygens (including phenoxy) is 4. The van der Waals surface area contributed by atoms with E-state index in [0.29, 0.717) is 30.2 Å². The number of nitrogen functional groups attached to an aromatic ring is 1. The molecule has 15 heteroatoms. The number of fused-ring (bicyclic) bond motifs is 1. The molecule has 0 bridgehead atoms. The van der Waals surface area contributed by atoms with E-state index in [-0.39, 0.29) is 32.1 Å². The first-order chi connectivity index (χ1) is 19.1. The fourth-order valence-electron chi connectivity index (χ4n) is 3.48. The molecule has 14 nitrogen and oxygen atoms in total. The number of carbonyl (C=O) groups is 2. The molecule has 2 rings (SSSR count). The van der Waals surface area contributed by atoms with Gasteiger partial charge in [0.15, 0.2) is 11.2 Å². The second kappa shape index (κ2) is 17.1. The number of carbonyl (C=O) groups excluding carboxylic acids is 2. The third-order valence-electron chi connectivity index (χ3n) is 5.64. The quantitative estimate of drug-likeness (QED) is 0.117. The van der Waals surface area contributed by atoms with E-state index in [1.165, 1.54) is 0 Å². The van der Waals surface area contributed by atoms with Crippen molar-refractivity contribution in [2.45, 2.75) is 85.4 Å². The molecule has 0 spiro atoms. The van der Waals surface area contributed by atoms with Gasteiger partial charge in [-0.15, -0.1) is 0 Å². The molecule has 0 radical (unpaired) electrons. The summed E-state index contributed by atoms with van der Waals surface area (Å²) in [7, 11) is -3.61. The molecule has 0 aromatic carbocycles. The van der Waals surface area contributed by atoms with Crippen molar-refractivity contribution >= 4 is 36.5 Å². The summed E-state index contributed by atoms with van der Waals surface area (Å²) in [4.78, 5) is 37.5. The highest BCUT2D eigenvalue weighted by Gasteiger charge is 2.32. The van der Waals surface area contributed by atoms with E-state index in [1.807, 2.05) is 20.8 Å². The fourth-order valence-corrected chi connectivity index (χ4v) is 5.55. The maximum Gasteiger partial charge on any atom is 0.323 e. The molecule has 2 aromatic heterocycles. The molecule has 0 aliphatic carbocycles. The van der Waals surface area contributed by atoms with Gasteiger partial charge in [-0.1, -0.05) is 33.6 Å². The van der Waals surface area contributed by atoms with Crippen LogP contribution in [0.15, 0.2) is 6.33 Å². The zero-order chi connectivity index (χ0) is 29.5. The second-order valence-electron chi connectivity index (χ2n) is 9.37. The molecule has 40 heavy (non-hydrogen) atoms. The van der Waals surface area contributed by atoms with Gasteiger partial charge < -0.3 is 29.2 Å². The first-order valence-electron chi connectivity index (χ1n) is 13.8. The highest BCUT2D eigenvalue weighted by Crippen LogP contribution is 2.37. The highest BCUT2D eigenvalue weighted by molar-refractivity contribution is 7.59. The minimum atomic E-state index is -3.61. The number of hydrogen-bond acceptors (Lipinski definition) is 11. The maximum absolute atomic E-state index is 13.8. The predicted octanol–water partition coefficient (Wildman–Crippen LogP) is 3.01. The highest BCUT2D eigenvalue weighted by atomic mass is 31.2. The van der Waals surface area contributed by atoms with Crippen molar-refractivity contribution in [1.29, 1.82) is 0 Å². The first kappa shape index (κ1) is 33.4. The van der Waals surface area contributed by atoms with Gasteiger partial charge in [-0.3, -0.25) is 14.2 Å². The molecule has 0 saturated heterocycles. The van der Waals surface area contributed by atoms with Crippen LogP contribution >= 0.6 is 7.44 Å². The number of anilines is 1. The van der Waals surface area contributed by atoms with Crippen LogP contribution in [0.4, 0.5) is 5.95 Å². The first-order valence-corrected chi connectivity index (χ1v) is 15.7. The number of nitrogens with zero attached hydrogens (tertiary/aromatic N) is 4. The standard InChI is InChI=1S/C25H44N7O7P/c1-6-9-13-38-23(33)18(4)30-40(35,31-19(5)24(34)39-14-10-7-2)17-36-15-11-32-16-27-20-21(32)28-25(26)29-22(20)37-12-8-3/h16,18-19H,6-15,17H2,1-5H3,(H2,26,28,29)(H2,30,31,35)/t18-,19-/m0/s1. The van der Waals surface area contributed by atoms with Gasteiger partial charge in [-0.05, 0) is 33.1 Å². The lowest BCUT2D eigenvalue weighted by Gasteiger charge is -2.26. The summed E-state index contributed by atoms with van der Waals surface area (Å²) in [5.74, 6) is -0.728. The second-order valence-corrected chi connectivity index (χ2v) is 11.6. The number of rotatable bonds is 20. The van der Waals surface area contributed by atoms with E-state index in [2.05, 4.69) is 25.1 Å². The van der Waals surface area contributed by atoms with Crippen LogP contribution in [0.1, 0.15) is 66.7 Å². The van der Waals surface area contributed by atoms with Gasteiger partial charge >= 0.3 is 11.9 Å². The zero-order valence-electron chi connectivity index (χ0n) is 24.2. The number of unbranched alkanes of at least 4 members (excludes halogenated alkanes) is 2. The lowest BCUT2D eigenvalue weighted by Crippen LogP contribution is -2.43. The molecular formula is C25H44N7O7P. The molecular weight excluding hydrogens is 541 g/mol. The SMILES string of the molecule is CCCCOC(=O)[C@H](C)NP(=O)(COCCn1cnc2c(OCCC)nc(N)nc21)N[C@@H](C)C(=O)OCCCC. The van der Waals surface area contributed by atoms with Crippen LogP contribution in [0.5, 0.6) is 5.88 Å². The van der Waals surface area contributed by atoms with Crippen molar-refractivity contribution in [1.82, 2.24) is 29.7 Å². The molecule has 0 aliphatic heterocycles. The fraction of sp³-hybridized carbons (Fsp3) is 0.720. The summed E-state index contributed by atoms with van der Waals surface area (Å²) >= 11 is 0. The summed E-state index contributed by atoms with van der Waals surface area (Å²) < 4.78 is 37.4. The summed E-state index contributed by atoms with van der Waals surface area (Å²) in [5.41, 5.74) is 6.81. The molecule has 0 aliphatic rings. The van der Waals surface area contributed by atoms with Crippen molar-refractivity contribution in [3.63, 3.8) is 0 Å². The molecule has 0 unspecified atom stereocenters. The Morgan fingerprint density at radius 3 is 2.10 bits per heavy atom. The third-order valence-corrected chi connectivity index (χ3v) is 7.79. The van der Waals surface area contributed by atoms with Crippen molar-refractivity contribution in [2.75, 3.05) is 38.5 Å². The Morgan fingerprint density at radius 1 is 0.950 bits per heavy atom. The monoisotopic (exact) mass is 585 g/mol. The summed E-state index contributed by atoms with van der Waals surface area (Å²) in [6.45, 7) is 10.5. The molecule has 2 heterocycles. The van der Waals surface area contributed by atoms with Gasteiger partial charge in [-0.25, -0.2) is 15.2 Å². The average Bonchev–Trinajstić information content (AvgIpc) is 3.32. The van der Waals surface area contributed by atoms with E-state index in [9.17, 15) is 14.2 Å². The average molecular weight is 586 g/mol. The summed E-state index contributed by atoms with van der Waals surface area (Å²) in [6.07, 6.45) is 5.26. The normalized spacial score (nSPS) is 13.2. The van der Waals surface area contributed by atoms with Crippen molar-refractivity contribution in [3.05, 3.63) is 6.33 Å². The molecule has 2 atom stereocenters. The van der Waals surface area contributed by atoms with E-state index in [1.54, 1.807) is 24.7 Å². The molecule has 0 saturated carbocycles. The Bertz CT molecular complexity index is 1100. The summed E-state index contributed by atoms with van der Waals surface area (Å²) in [6, 6.07) is -1.80. The van der Waals surface area contributed by atoms with Gasteiger partial charge in [-0.2, -0.15) is 9.97 Å². The Morgan fingerprint density at radius 2 is 1.55 bits per heavy atom. The Balaban J connectivity index is 2.07. The van der Waals surface area contributed by atoms with Crippen LogP contribution in [0, 0.1) is 0 Å². The van der Waals surface area contributed by atoms with Crippen LogP contribution in [0.3, 0.4) is 0 Å². The smallest absolute Gasteiger partial charge is 0.323 e. The van der Waals surface area contributed by atoms with Gasteiger partial charge in [0.05, 0.1) is 32.8 Å². The van der Waals surface area contributed by atoms with E-state index in [4.69, 9.17) is 24.7 Å². The van der Waals surface area contributed by atoms with Crippen LogP contribution < -0.4 is 20.6 Å². The lowest BCUT2D eigenvalue weighted by molar-refractivity contribution is -0.145. The Kier molecular flexibility index (Phi) is 14.3.